The van der Waals surface area contributed by atoms with Gasteiger partial charge in [-0.3, -0.25) is 0 Å². The van der Waals surface area contributed by atoms with Crippen LogP contribution in [0.2, 0.25) is 0 Å². The summed E-state index contributed by atoms with van der Waals surface area (Å²) in [4.78, 5) is 0. The number of rotatable bonds is 10. The highest BCUT2D eigenvalue weighted by Gasteiger charge is 2.92. The normalized spacial score (nSPS) is 16.2. The average Bonchev–Trinajstić information content (AvgIpc) is 2.82. The van der Waals surface area contributed by atoms with Crippen molar-refractivity contribution < 1.29 is 119 Å². The number of hydrogen-bond donors (Lipinski definition) is 1. The third-order valence-corrected chi connectivity index (χ3v) is 6.24. The molecule has 0 amide bonds. The van der Waals surface area contributed by atoms with Crippen molar-refractivity contribution in [3.05, 3.63) is 27.7 Å². The molecule has 0 saturated carbocycles. The zero-order valence-corrected chi connectivity index (χ0v) is 21.4. The zero-order valence-electron chi connectivity index (χ0n) is 19.8. The van der Waals surface area contributed by atoms with Crippen molar-refractivity contribution in [2.45, 2.75) is 71.6 Å². The molecule has 0 aliphatic rings. The summed E-state index contributed by atoms with van der Waals surface area (Å²) in [5.41, 5.74) is -7.70. The van der Waals surface area contributed by atoms with Crippen LogP contribution in [0.15, 0.2) is 16.6 Å². The SMILES string of the molecule is Oc1c(Br)cc(C(F)(F)C(F)(F)C(F)(F)C(F)(F)C(F)(F)C(F)(F)F)cc1C(F)(F)C(F)(F)C(F)(F)C(F)(F)C(F)(F)C(F)(F)F. The molecule has 0 heterocycles. The first-order valence-corrected chi connectivity index (χ1v) is 10.8. The summed E-state index contributed by atoms with van der Waals surface area (Å²) in [6, 6.07) is -3.28. The molecule has 270 valence electrons. The highest BCUT2D eigenvalue weighted by Crippen LogP contribution is 2.65. The van der Waals surface area contributed by atoms with Crippen molar-refractivity contribution in [3.8, 4) is 5.75 Å². The Kier molecular flexibility index (Phi) is 9.60. The van der Waals surface area contributed by atoms with Crippen LogP contribution in [0.5, 0.6) is 5.75 Å². The van der Waals surface area contributed by atoms with Crippen molar-refractivity contribution in [1.29, 1.82) is 0 Å². The molecule has 1 rings (SSSR count). The summed E-state index contributed by atoms with van der Waals surface area (Å²) in [6.07, 6.45) is -15.9. The van der Waals surface area contributed by atoms with Crippen LogP contribution in [0, 0.1) is 0 Å². The molecule has 0 saturated heterocycles. The Bertz CT molecular complexity index is 1300. The summed E-state index contributed by atoms with van der Waals surface area (Å²) in [5, 5.41) is 9.39. The van der Waals surface area contributed by atoms with Gasteiger partial charge in [0.15, 0.2) is 0 Å². The van der Waals surface area contributed by atoms with E-state index in [1.807, 2.05) is 0 Å². The minimum Gasteiger partial charge on any atom is -0.506 e. The summed E-state index contributed by atoms with van der Waals surface area (Å²) in [7, 11) is 0. The number of alkyl halides is 26. The smallest absolute Gasteiger partial charge is 0.460 e. The van der Waals surface area contributed by atoms with E-state index in [2.05, 4.69) is 0 Å². The number of phenolic OH excluding ortho intramolecular Hbond substituents is 1. The van der Waals surface area contributed by atoms with Gasteiger partial charge in [0.1, 0.15) is 5.75 Å². The van der Waals surface area contributed by atoms with E-state index in [0.717, 1.165) is 0 Å². The van der Waals surface area contributed by atoms with Crippen molar-refractivity contribution >= 4 is 15.9 Å². The summed E-state index contributed by atoms with van der Waals surface area (Å²) < 4.78 is 345. The van der Waals surface area contributed by atoms with Gasteiger partial charge in [-0.15, -0.1) is 0 Å². The van der Waals surface area contributed by atoms with Gasteiger partial charge >= 0.3 is 71.6 Å². The highest BCUT2D eigenvalue weighted by molar-refractivity contribution is 9.10. The first kappa shape index (κ1) is 41.7. The van der Waals surface area contributed by atoms with Crippen LogP contribution >= 0.6 is 15.9 Å². The average molecular weight is 809 g/mol. The Hall–Kier alpha value is -2.32. The Labute approximate surface area is 241 Å². The predicted molar refractivity (Wildman–Crippen MR) is 95.3 cm³/mol. The molecule has 0 aliphatic heterocycles. The fourth-order valence-corrected chi connectivity index (χ4v) is 3.37. The summed E-state index contributed by atoms with van der Waals surface area (Å²) >= 11 is 1.50. The molecule has 0 aromatic heterocycles. The lowest BCUT2D eigenvalue weighted by molar-refractivity contribution is -0.442. The molecule has 0 radical (unpaired) electrons. The molecule has 0 atom stereocenters. The van der Waals surface area contributed by atoms with Crippen molar-refractivity contribution in [1.82, 2.24) is 0 Å². The monoisotopic (exact) mass is 808 g/mol. The Morgan fingerprint density at radius 2 is 0.630 bits per heavy atom. The van der Waals surface area contributed by atoms with Crippen LogP contribution in [0.3, 0.4) is 0 Å². The maximum atomic E-state index is 14.5. The van der Waals surface area contributed by atoms with Gasteiger partial charge in [0, 0.05) is 5.56 Å². The first-order valence-electron chi connectivity index (χ1n) is 9.98. The topological polar surface area (TPSA) is 20.2 Å². The molecule has 46 heavy (non-hydrogen) atoms. The summed E-state index contributed by atoms with van der Waals surface area (Å²) in [5.74, 6) is -86.9. The van der Waals surface area contributed by atoms with Crippen molar-refractivity contribution in [2.75, 3.05) is 0 Å². The fraction of sp³-hybridized carbons (Fsp3) is 0.667. The second-order valence-corrected chi connectivity index (χ2v) is 9.45. The predicted octanol–water partition coefficient (Wildman–Crippen LogP) is 10.5. The minimum atomic E-state index is -8.73. The maximum absolute atomic E-state index is 14.5. The molecule has 0 bridgehead atoms. The molecule has 28 heteroatoms. The Morgan fingerprint density at radius 3 is 0.913 bits per heavy atom. The molecule has 1 nitrogen and oxygen atoms in total. The van der Waals surface area contributed by atoms with Crippen molar-refractivity contribution in [3.63, 3.8) is 0 Å². The highest BCUT2D eigenvalue weighted by atomic mass is 79.9. The van der Waals surface area contributed by atoms with Gasteiger partial charge in [-0.1, -0.05) is 0 Å². The lowest BCUT2D eigenvalue weighted by Gasteiger charge is -2.41. The number of aromatic hydroxyl groups is 1. The number of halogens is 27. The maximum Gasteiger partial charge on any atom is 0.460 e. The summed E-state index contributed by atoms with van der Waals surface area (Å²) in [6.45, 7) is 0. The van der Waals surface area contributed by atoms with E-state index in [0.29, 0.717) is 0 Å². The van der Waals surface area contributed by atoms with E-state index >= 15 is 0 Å². The molecule has 0 unspecified atom stereocenters. The minimum absolute atomic E-state index is 1.21. The van der Waals surface area contributed by atoms with Gasteiger partial charge in [-0.2, -0.15) is 114 Å². The molecule has 0 spiro atoms. The molecule has 1 aromatic carbocycles. The molecular weight excluding hydrogens is 806 g/mol. The van der Waals surface area contributed by atoms with Gasteiger partial charge in [0.05, 0.1) is 10.0 Å². The standard InChI is InChI=1S/C18H3BrF26O/c19-5-2-3(7(20,21)9(24,25)11(28,29)13(32,33)15(36,37)17(40,41)42)1-4(6(5)46)8(22,23)10(26,27)12(30,31)14(34,35)16(38,39)18(43,44)45/h1-2,46H. The van der Waals surface area contributed by atoms with Gasteiger partial charge in [0.2, 0.25) is 0 Å². The van der Waals surface area contributed by atoms with E-state index < -0.39 is 105 Å². The first-order chi connectivity index (χ1) is 19.5. The molecule has 1 aromatic rings. The van der Waals surface area contributed by atoms with Crippen LogP contribution in [0.1, 0.15) is 11.1 Å². The zero-order chi connectivity index (χ0) is 37.7. The third-order valence-electron chi connectivity index (χ3n) is 5.63. The van der Waals surface area contributed by atoms with E-state index in [-0.39, 0.29) is 0 Å². The molecule has 1 N–H and O–H groups in total. The van der Waals surface area contributed by atoms with Gasteiger partial charge < -0.3 is 5.11 Å². The second kappa shape index (κ2) is 10.6. The molecular formula is C18H3BrF26O. The van der Waals surface area contributed by atoms with Gasteiger partial charge in [-0.25, -0.2) is 0 Å². The van der Waals surface area contributed by atoms with Crippen LogP contribution in [-0.4, -0.2) is 64.8 Å². The number of benzene rings is 1. The number of phenols is 1. The van der Waals surface area contributed by atoms with E-state index in [1.165, 1.54) is 15.9 Å². The third kappa shape index (κ3) is 5.15. The van der Waals surface area contributed by atoms with Crippen LogP contribution in [-0.2, 0) is 11.8 Å². The lowest BCUT2D eigenvalue weighted by Crippen LogP contribution is -2.69. The van der Waals surface area contributed by atoms with Crippen LogP contribution in [0.4, 0.5) is 114 Å². The van der Waals surface area contributed by atoms with E-state index in [4.69, 9.17) is 0 Å². The molecule has 0 aliphatic carbocycles. The largest absolute Gasteiger partial charge is 0.506 e. The van der Waals surface area contributed by atoms with E-state index in [9.17, 15) is 119 Å². The quantitative estimate of drug-likeness (QED) is 0.234. The second-order valence-electron chi connectivity index (χ2n) is 8.59. The number of hydrogen-bond acceptors (Lipinski definition) is 1. The van der Waals surface area contributed by atoms with Crippen molar-refractivity contribution in [2.24, 2.45) is 0 Å². The molecule has 0 fully saturated rings. The Morgan fingerprint density at radius 1 is 0.370 bits per heavy atom. The van der Waals surface area contributed by atoms with Crippen LogP contribution in [0.25, 0.3) is 0 Å². The van der Waals surface area contributed by atoms with Crippen LogP contribution < -0.4 is 0 Å². The van der Waals surface area contributed by atoms with E-state index in [1.54, 1.807) is 0 Å². The fourth-order valence-electron chi connectivity index (χ4n) is 2.91. The lowest BCUT2D eigenvalue weighted by atomic mass is 9.87. The van der Waals surface area contributed by atoms with Gasteiger partial charge in [0.25, 0.3) is 0 Å². The van der Waals surface area contributed by atoms with Gasteiger partial charge in [-0.05, 0) is 28.1 Å². The Balaban J connectivity index is 4.08.